The van der Waals surface area contributed by atoms with Crippen LogP contribution in [0.25, 0.3) is 16.8 Å². The summed E-state index contributed by atoms with van der Waals surface area (Å²) < 4.78 is 18.6. The summed E-state index contributed by atoms with van der Waals surface area (Å²) in [6.45, 7) is 7.34. The van der Waals surface area contributed by atoms with Crippen LogP contribution in [0.1, 0.15) is 43.6 Å². The number of methoxy groups -OCH3 is 2. The third-order valence-corrected chi connectivity index (χ3v) is 5.97. The number of nitrogens with one attached hydrogen (secondary N) is 1. The average Bonchev–Trinajstić information content (AvgIpc) is 3.34. The highest BCUT2D eigenvalue weighted by molar-refractivity contribution is 6.34. The third-order valence-electron chi connectivity index (χ3n) is 5.67. The van der Waals surface area contributed by atoms with Crippen molar-refractivity contribution in [1.29, 1.82) is 0 Å². The number of hydrogen-bond acceptors (Lipinski definition) is 6. The Labute approximate surface area is 181 Å². The number of rotatable bonds is 7. The van der Waals surface area contributed by atoms with Gasteiger partial charge in [0.25, 0.3) is 0 Å². The number of ether oxygens (including phenoxy) is 3. The summed E-state index contributed by atoms with van der Waals surface area (Å²) >= 11 is 6.68. The van der Waals surface area contributed by atoms with Crippen LogP contribution in [-0.4, -0.2) is 34.9 Å². The van der Waals surface area contributed by atoms with Gasteiger partial charge in [0, 0.05) is 23.2 Å². The Morgan fingerprint density at radius 2 is 1.93 bits per heavy atom. The van der Waals surface area contributed by atoms with E-state index in [0.717, 1.165) is 52.4 Å². The molecule has 3 aromatic rings. The zero-order valence-electron chi connectivity index (χ0n) is 18.0. The molecule has 0 spiro atoms. The molecule has 0 aliphatic carbocycles. The Morgan fingerprint density at radius 1 is 1.17 bits per heavy atom. The molecule has 30 heavy (non-hydrogen) atoms. The Bertz CT molecular complexity index is 1090. The summed E-state index contributed by atoms with van der Waals surface area (Å²) in [5, 5.41) is 9.04. The van der Waals surface area contributed by atoms with Crippen molar-refractivity contribution >= 4 is 23.1 Å². The first-order valence-electron chi connectivity index (χ1n) is 10.2. The van der Waals surface area contributed by atoms with Gasteiger partial charge in [0.1, 0.15) is 17.3 Å². The summed E-state index contributed by atoms with van der Waals surface area (Å²) in [5.74, 6) is 2.19. The molecule has 8 heteroatoms. The lowest BCUT2D eigenvalue weighted by molar-refractivity contribution is 0.133. The Kier molecular flexibility index (Phi) is 5.75. The number of anilines is 1. The number of aromatic nitrogens is 3. The molecule has 0 atom stereocenters. The van der Waals surface area contributed by atoms with Gasteiger partial charge in [0.15, 0.2) is 5.65 Å². The molecule has 1 aliphatic heterocycles. The predicted octanol–water partition coefficient (Wildman–Crippen LogP) is 5.01. The van der Waals surface area contributed by atoms with Crippen molar-refractivity contribution in [3.63, 3.8) is 0 Å². The lowest BCUT2D eigenvalue weighted by atomic mass is 10.0. The lowest BCUT2D eigenvalue weighted by Gasteiger charge is -2.19. The quantitative estimate of drug-likeness (QED) is 0.568. The van der Waals surface area contributed by atoms with Crippen LogP contribution in [0.5, 0.6) is 11.5 Å². The van der Waals surface area contributed by atoms with Crippen molar-refractivity contribution in [1.82, 2.24) is 14.6 Å². The summed E-state index contributed by atoms with van der Waals surface area (Å²) in [4.78, 5) is 4.92. The van der Waals surface area contributed by atoms with E-state index in [0.29, 0.717) is 35.8 Å². The summed E-state index contributed by atoms with van der Waals surface area (Å²) in [6.07, 6.45) is 2.03. The van der Waals surface area contributed by atoms with Gasteiger partial charge in [-0.2, -0.15) is 9.61 Å². The number of aryl methyl sites for hydroxylation is 1. The molecule has 0 unspecified atom stereocenters. The van der Waals surface area contributed by atoms with Crippen LogP contribution in [0.3, 0.4) is 0 Å². The van der Waals surface area contributed by atoms with Gasteiger partial charge in [-0.15, -0.1) is 0 Å². The zero-order valence-corrected chi connectivity index (χ0v) is 18.8. The summed E-state index contributed by atoms with van der Waals surface area (Å²) in [7, 11) is 3.22. The van der Waals surface area contributed by atoms with Gasteiger partial charge in [0.2, 0.25) is 0 Å². The van der Waals surface area contributed by atoms with E-state index in [4.69, 9.17) is 35.9 Å². The molecule has 1 N–H and O–H groups in total. The maximum atomic E-state index is 6.68. The van der Waals surface area contributed by atoms with Crippen molar-refractivity contribution in [3.05, 3.63) is 34.1 Å². The molecule has 1 aromatic carbocycles. The van der Waals surface area contributed by atoms with Gasteiger partial charge in [-0.1, -0.05) is 25.4 Å². The van der Waals surface area contributed by atoms with E-state index in [1.54, 1.807) is 20.3 Å². The van der Waals surface area contributed by atoms with E-state index in [9.17, 15) is 0 Å². The van der Waals surface area contributed by atoms with Gasteiger partial charge in [0.05, 0.1) is 49.4 Å². The Balaban J connectivity index is 1.99. The van der Waals surface area contributed by atoms with Gasteiger partial charge < -0.3 is 19.5 Å². The first kappa shape index (κ1) is 20.8. The molecule has 4 rings (SSSR count). The van der Waals surface area contributed by atoms with E-state index in [2.05, 4.69) is 19.2 Å². The van der Waals surface area contributed by atoms with Gasteiger partial charge in [-0.3, -0.25) is 0 Å². The minimum atomic E-state index is 0.340. The molecule has 0 fully saturated rings. The molecule has 160 valence electrons. The molecule has 0 bridgehead atoms. The predicted molar refractivity (Wildman–Crippen MR) is 118 cm³/mol. The maximum absolute atomic E-state index is 6.68. The van der Waals surface area contributed by atoms with E-state index in [-0.39, 0.29) is 0 Å². The number of fused-ring (bicyclic) bond motifs is 2. The highest BCUT2D eigenvalue weighted by Crippen LogP contribution is 2.43. The number of benzene rings is 1. The van der Waals surface area contributed by atoms with Crippen LogP contribution in [0.2, 0.25) is 5.02 Å². The minimum Gasteiger partial charge on any atom is -0.497 e. The molecule has 0 saturated carbocycles. The van der Waals surface area contributed by atoms with Crippen molar-refractivity contribution in [2.45, 2.75) is 52.9 Å². The second-order valence-corrected chi connectivity index (χ2v) is 7.83. The maximum Gasteiger partial charge on any atom is 0.166 e. The second kappa shape index (κ2) is 8.32. The van der Waals surface area contributed by atoms with Gasteiger partial charge >= 0.3 is 0 Å². The molecule has 0 saturated heterocycles. The standard InChI is InChI=1S/C22H27ClN4O3/c1-6-13(7-2)24-21-15-10-30-11-17(15)25-22-19(12(3)26-27(21)22)20-16(23)8-14(28-4)9-18(20)29-5/h8-9,13,24H,6-7,10-11H2,1-5H3. The third kappa shape index (κ3) is 3.36. The largest absolute Gasteiger partial charge is 0.497 e. The lowest BCUT2D eigenvalue weighted by Crippen LogP contribution is -2.21. The monoisotopic (exact) mass is 430 g/mol. The molecule has 0 radical (unpaired) electrons. The smallest absolute Gasteiger partial charge is 0.166 e. The highest BCUT2D eigenvalue weighted by atomic mass is 35.5. The summed E-state index contributed by atoms with van der Waals surface area (Å²) in [6, 6.07) is 3.94. The van der Waals surface area contributed by atoms with E-state index in [1.807, 2.05) is 17.5 Å². The minimum absolute atomic E-state index is 0.340. The van der Waals surface area contributed by atoms with E-state index >= 15 is 0 Å². The van der Waals surface area contributed by atoms with Crippen LogP contribution in [0, 0.1) is 6.92 Å². The zero-order chi connectivity index (χ0) is 21.4. The van der Waals surface area contributed by atoms with Crippen molar-refractivity contribution in [2.24, 2.45) is 0 Å². The normalized spacial score (nSPS) is 13.2. The fraction of sp³-hybridized carbons (Fsp3) is 0.455. The van der Waals surface area contributed by atoms with Gasteiger partial charge in [-0.25, -0.2) is 4.98 Å². The molecule has 2 aromatic heterocycles. The van der Waals surface area contributed by atoms with Crippen LogP contribution in [0.4, 0.5) is 5.82 Å². The molecule has 7 nitrogen and oxygen atoms in total. The van der Waals surface area contributed by atoms with E-state index < -0.39 is 0 Å². The molecular formula is C22H27ClN4O3. The molecular weight excluding hydrogens is 404 g/mol. The number of halogens is 1. The SMILES string of the molecule is CCC(CC)Nc1c2c(nc3c(-c4c(Cl)cc(OC)cc4OC)c(C)nn13)COC2. The highest BCUT2D eigenvalue weighted by Gasteiger charge is 2.27. The van der Waals surface area contributed by atoms with Crippen molar-refractivity contribution < 1.29 is 14.2 Å². The molecule has 3 heterocycles. The van der Waals surface area contributed by atoms with Crippen molar-refractivity contribution in [3.8, 4) is 22.6 Å². The average molecular weight is 431 g/mol. The number of hydrogen-bond donors (Lipinski definition) is 1. The first-order valence-corrected chi connectivity index (χ1v) is 10.6. The number of nitrogens with zero attached hydrogens (tertiary/aromatic N) is 3. The van der Waals surface area contributed by atoms with E-state index in [1.165, 1.54) is 0 Å². The Hall–Kier alpha value is -2.51. The van der Waals surface area contributed by atoms with Crippen LogP contribution < -0.4 is 14.8 Å². The van der Waals surface area contributed by atoms with Crippen LogP contribution in [-0.2, 0) is 18.0 Å². The second-order valence-electron chi connectivity index (χ2n) is 7.42. The molecule has 1 aliphatic rings. The molecule has 0 amide bonds. The van der Waals surface area contributed by atoms with Crippen LogP contribution in [0.15, 0.2) is 12.1 Å². The fourth-order valence-corrected chi connectivity index (χ4v) is 4.26. The Morgan fingerprint density at radius 3 is 2.60 bits per heavy atom. The fourth-order valence-electron chi connectivity index (χ4n) is 3.96. The van der Waals surface area contributed by atoms with Crippen LogP contribution >= 0.6 is 11.6 Å². The summed E-state index contributed by atoms with van der Waals surface area (Å²) in [5.41, 5.74) is 5.16. The van der Waals surface area contributed by atoms with Gasteiger partial charge in [-0.05, 0) is 25.8 Å². The first-order chi connectivity index (χ1) is 14.5. The van der Waals surface area contributed by atoms with Crippen molar-refractivity contribution in [2.75, 3.05) is 19.5 Å². The topological polar surface area (TPSA) is 69.9 Å².